The van der Waals surface area contributed by atoms with Crippen molar-refractivity contribution in [1.29, 1.82) is 0 Å². The normalized spacial score (nSPS) is 8.60. The lowest BCUT2D eigenvalue weighted by Crippen LogP contribution is -1.66. The first-order valence-corrected chi connectivity index (χ1v) is 2.81. The van der Waals surface area contributed by atoms with Crippen LogP contribution >= 0.6 is 0 Å². The van der Waals surface area contributed by atoms with E-state index >= 15 is 0 Å². The fourth-order valence-electron chi connectivity index (χ4n) is 0.393. The van der Waals surface area contributed by atoms with Crippen LogP contribution in [0.2, 0.25) is 0 Å². The van der Waals surface area contributed by atoms with Gasteiger partial charge in [0.05, 0.1) is 0 Å². The van der Waals surface area contributed by atoms with Gasteiger partial charge < -0.3 is 0 Å². The van der Waals surface area contributed by atoms with E-state index in [2.05, 4.69) is 25.0 Å². The standard InChI is InChI=1S/C9H9F/c1-4-5-8(2)6-7-9(3)10/h6-7H,2-3H2,1H3/b7-6-. The maximum absolute atomic E-state index is 11.9. The first kappa shape index (κ1) is 8.71. The molecule has 0 aliphatic carbocycles. The fraction of sp³-hybridized carbons (Fsp3) is 0.111. The molecule has 0 unspecified atom stereocenters. The van der Waals surface area contributed by atoms with E-state index in [-0.39, 0.29) is 0 Å². The van der Waals surface area contributed by atoms with Crippen LogP contribution in [0.4, 0.5) is 4.39 Å². The molecule has 0 bridgehead atoms. The summed E-state index contributed by atoms with van der Waals surface area (Å²) in [7, 11) is 0. The van der Waals surface area contributed by atoms with Crippen LogP contribution in [-0.2, 0) is 0 Å². The fourth-order valence-corrected chi connectivity index (χ4v) is 0.393. The van der Waals surface area contributed by atoms with Crippen molar-refractivity contribution in [3.63, 3.8) is 0 Å². The van der Waals surface area contributed by atoms with Gasteiger partial charge in [0.25, 0.3) is 0 Å². The van der Waals surface area contributed by atoms with Crippen molar-refractivity contribution < 1.29 is 4.39 Å². The first-order chi connectivity index (χ1) is 4.66. The minimum absolute atomic E-state index is 0.487. The molecule has 0 rings (SSSR count). The molecule has 0 aliphatic heterocycles. The molecule has 0 atom stereocenters. The molecule has 0 saturated heterocycles. The Morgan fingerprint density at radius 1 is 1.40 bits per heavy atom. The van der Waals surface area contributed by atoms with Crippen molar-refractivity contribution >= 4 is 0 Å². The van der Waals surface area contributed by atoms with Crippen LogP contribution < -0.4 is 0 Å². The van der Waals surface area contributed by atoms with E-state index in [0.29, 0.717) is 5.57 Å². The van der Waals surface area contributed by atoms with Gasteiger partial charge in [-0.05, 0) is 19.1 Å². The zero-order valence-electron chi connectivity index (χ0n) is 5.95. The second-order valence-electron chi connectivity index (χ2n) is 1.68. The summed E-state index contributed by atoms with van der Waals surface area (Å²) in [5, 5.41) is 0. The molecule has 0 aromatic heterocycles. The van der Waals surface area contributed by atoms with Gasteiger partial charge in [-0.2, -0.15) is 0 Å². The average Bonchev–Trinajstić information content (AvgIpc) is 1.85. The van der Waals surface area contributed by atoms with Crippen molar-refractivity contribution in [2.75, 3.05) is 0 Å². The lowest BCUT2D eigenvalue weighted by molar-refractivity contribution is 0.671. The molecule has 52 valence electrons. The Hall–Kier alpha value is -1.29. The van der Waals surface area contributed by atoms with E-state index in [1.54, 1.807) is 6.92 Å². The van der Waals surface area contributed by atoms with Crippen LogP contribution in [0.1, 0.15) is 6.92 Å². The zero-order chi connectivity index (χ0) is 7.98. The molecule has 0 heterocycles. The van der Waals surface area contributed by atoms with Crippen molar-refractivity contribution in [1.82, 2.24) is 0 Å². The lowest BCUT2D eigenvalue weighted by atomic mass is 10.3. The molecule has 0 aliphatic rings. The van der Waals surface area contributed by atoms with Gasteiger partial charge in [0.1, 0.15) is 5.83 Å². The number of hydrogen-bond acceptors (Lipinski definition) is 0. The highest BCUT2D eigenvalue weighted by Gasteiger charge is 1.80. The SMILES string of the molecule is C=C(F)/C=C\C(=C)C#CC. The molecule has 0 spiro atoms. The van der Waals surface area contributed by atoms with Crippen LogP contribution in [0.5, 0.6) is 0 Å². The highest BCUT2D eigenvalue weighted by Crippen LogP contribution is 1.97. The predicted molar refractivity (Wildman–Crippen MR) is 42.0 cm³/mol. The van der Waals surface area contributed by atoms with E-state index in [1.165, 1.54) is 12.2 Å². The second-order valence-corrected chi connectivity index (χ2v) is 1.68. The molecular formula is C9H9F. The van der Waals surface area contributed by atoms with Crippen LogP contribution in [0.25, 0.3) is 0 Å². The summed E-state index contributed by atoms with van der Waals surface area (Å²) in [5.41, 5.74) is 0.585. The molecule has 0 saturated carbocycles. The first-order valence-electron chi connectivity index (χ1n) is 2.81. The molecule has 0 radical (unpaired) electrons. The van der Waals surface area contributed by atoms with Crippen LogP contribution in [0.3, 0.4) is 0 Å². The Morgan fingerprint density at radius 3 is 2.40 bits per heavy atom. The Morgan fingerprint density at radius 2 is 2.00 bits per heavy atom. The van der Waals surface area contributed by atoms with Crippen molar-refractivity contribution in [3.05, 3.63) is 36.7 Å². The molecule has 0 fully saturated rings. The molecule has 0 N–H and O–H groups in total. The third-order valence-corrected chi connectivity index (χ3v) is 0.751. The minimum atomic E-state index is -0.487. The smallest absolute Gasteiger partial charge is 0.116 e. The van der Waals surface area contributed by atoms with Gasteiger partial charge in [-0.25, -0.2) is 4.39 Å². The summed E-state index contributed by atoms with van der Waals surface area (Å²) in [5.74, 6) is 4.81. The largest absolute Gasteiger partial charge is 0.208 e. The predicted octanol–water partition coefficient (Wildman–Crippen LogP) is 2.61. The molecule has 0 aromatic rings. The minimum Gasteiger partial charge on any atom is -0.208 e. The molecule has 10 heavy (non-hydrogen) atoms. The Balaban J connectivity index is 3.99. The van der Waals surface area contributed by atoms with E-state index in [1.807, 2.05) is 0 Å². The van der Waals surface area contributed by atoms with E-state index in [0.717, 1.165) is 0 Å². The van der Waals surface area contributed by atoms with Gasteiger partial charge in [-0.15, -0.1) is 5.92 Å². The third-order valence-electron chi connectivity index (χ3n) is 0.751. The molecule has 0 amide bonds. The number of hydrogen-bond donors (Lipinski definition) is 0. The maximum Gasteiger partial charge on any atom is 0.116 e. The Bertz CT molecular complexity index is 223. The Labute approximate surface area is 60.8 Å². The van der Waals surface area contributed by atoms with Crippen LogP contribution in [-0.4, -0.2) is 0 Å². The van der Waals surface area contributed by atoms with E-state index in [9.17, 15) is 4.39 Å². The van der Waals surface area contributed by atoms with Gasteiger partial charge in [0.2, 0.25) is 0 Å². The van der Waals surface area contributed by atoms with Gasteiger partial charge in [-0.3, -0.25) is 0 Å². The second kappa shape index (κ2) is 4.58. The Kier molecular flexibility index (Phi) is 3.99. The van der Waals surface area contributed by atoms with Crippen LogP contribution in [0.15, 0.2) is 36.7 Å². The zero-order valence-corrected chi connectivity index (χ0v) is 5.95. The molecule has 1 heteroatoms. The highest BCUT2D eigenvalue weighted by molar-refractivity contribution is 5.36. The summed E-state index contributed by atoms with van der Waals surface area (Å²) < 4.78 is 11.9. The number of allylic oxidation sites excluding steroid dienone is 4. The van der Waals surface area contributed by atoms with Gasteiger partial charge in [-0.1, -0.05) is 19.1 Å². The van der Waals surface area contributed by atoms with Crippen molar-refractivity contribution in [3.8, 4) is 11.8 Å². The summed E-state index contributed by atoms with van der Waals surface area (Å²) in [6.07, 6.45) is 2.71. The van der Waals surface area contributed by atoms with Gasteiger partial charge >= 0.3 is 0 Å². The number of halogens is 1. The lowest BCUT2D eigenvalue weighted by Gasteiger charge is -1.82. The number of rotatable bonds is 2. The van der Waals surface area contributed by atoms with E-state index < -0.39 is 5.83 Å². The maximum atomic E-state index is 11.9. The van der Waals surface area contributed by atoms with Gasteiger partial charge in [0, 0.05) is 5.57 Å². The highest BCUT2D eigenvalue weighted by atomic mass is 19.1. The monoisotopic (exact) mass is 136 g/mol. The van der Waals surface area contributed by atoms with Crippen molar-refractivity contribution in [2.24, 2.45) is 0 Å². The average molecular weight is 136 g/mol. The third kappa shape index (κ3) is 4.86. The molecule has 0 nitrogen and oxygen atoms in total. The van der Waals surface area contributed by atoms with Gasteiger partial charge in [0.15, 0.2) is 0 Å². The van der Waals surface area contributed by atoms with Crippen molar-refractivity contribution in [2.45, 2.75) is 6.92 Å². The quantitative estimate of drug-likeness (QED) is 0.404. The van der Waals surface area contributed by atoms with Crippen LogP contribution in [0, 0.1) is 11.8 Å². The topological polar surface area (TPSA) is 0 Å². The summed E-state index contributed by atoms with van der Waals surface area (Å²) in [4.78, 5) is 0. The summed E-state index contributed by atoms with van der Waals surface area (Å²) >= 11 is 0. The summed E-state index contributed by atoms with van der Waals surface area (Å²) in [6.45, 7) is 8.29. The molecule has 0 aromatic carbocycles. The molecular weight excluding hydrogens is 127 g/mol. The summed E-state index contributed by atoms with van der Waals surface area (Å²) in [6, 6.07) is 0. The van der Waals surface area contributed by atoms with E-state index in [4.69, 9.17) is 0 Å².